The molecule has 1 aromatic carbocycles. The Balaban J connectivity index is 0.00000144. The van der Waals surface area contributed by atoms with Gasteiger partial charge in [0.25, 0.3) is 5.91 Å². The van der Waals surface area contributed by atoms with Crippen molar-refractivity contribution in [2.24, 2.45) is 0 Å². The molecule has 0 radical (unpaired) electrons. The molecule has 2 rings (SSSR count). The van der Waals surface area contributed by atoms with Crippen molar-refractivity contribution in [2.75, 3.05) is 14.1 Å². The summed E-state index contributed by atoms with van der Waals surface area (Å²) in [7, 11) is 3.11. The summed E-state index contributed by atoms with van der Waals surface area (Å²) in [6.45, 7) is 0. The molecule has 2 aromatic rings. The van der Waals surface area contributed by atoms with Crippen molar-refractivity contribution in [3.63, 3.8) is 0 Å². The zero-order valence-corrected chi connectivity index (χ0v) is 12.5. The zero-order chi connectivity index (χ0) is 11.7. The predicted octanol–water partition coefficient (Wildman–Crippen LogP) is 1.24. The Hall–Kier alpha value is -0.996. The van der Waals surface area contributed by atoms with E-state index in [2.05, 4.69) is 11.1 Å². The number of aromatic nitrogens is 1. The fourth-order valence-electron chi connectivity index (χ4n) is 1.51. The second-order valence-corrected chi connectivity index (χ2v) is 3.70. The van der Waals surface area contributed by atoms with Crippen LogP contribution in [0.25, 0.3) is 10.9 Å². The molecule has 17 heavy (non-hydrogen) atoms. The van der Waals surface area contributed by atoms with Gasteiger partial charge in [0.2, 0.25) is 5.78 Å². The minimum absolute atomic E-state index is 0. The molecule has 0 saturated carbocycles. The quantitative estimate of drug-likeness (QED) is 0.515. The van der Waals surface area contributed by atoms with Crippen LogP contribution in [0.3, 0.4) is 0 Å². The van der Waals surface area contributed by atoms with Crippen molar-refractivity contribution < 1.29 is 42.3 Å². The van der Waals surface area contributed by atoms with Gasteiger partial charge in [0.15, 0.2) is 0 Å². The van der Waals surface area contributed by atoms with Crippen LogP contribution in [0.2, 0.25) is 0 Å². The first-order valence-electron chi connectivity index (χ1n) is 4.84. The molecule has 0 aliphatic carbocycles. The van der Waals surface area contributed by atoms with E-state index in [1.165, 1.54) is 4.90 Å². The number of amides is 1. The van der Waals surface area contributed by atoms with Crippen molar-refractivity contribution in [1.82, 2.24) is 9.88 Å². The first-order valence-corrected chi connectivity index (χ1v) is 4.84. The molecule has 1 heterocycles. The Morgan fingerprint density at radius 1 is 1.35 bits per heavy atom. The van der Waals surface area contributed by atoms with Crippen molar-refractivity contribution in [3.05, 3.63) is 36.0 Å². The zero-order valence-electron chi connectivity index (χ0n) is 9.65. The van der Waals surface area contributed by atoms with Crippen LogP contribution in [-0.2, 0) is 37.5 Å². The number of hydrogen-bond acceptors (Lipinski definition) is 2. The van der Waals surface area contributed by atoms with Gasteiger partial charge < -0.3 is 9.88 Å². The van der Waals surface area contributed by atoms with Crippen molar-refractivity contribution in [3.8, 4) is 0 Å². The van der Waals surface area contributed by atoms with E-state index in [1.807, 2.05) is 6.07 Å². The maximum Gasteiger partial charge on any atom is 3.00 e. The van der Waals surface area contributed by atoms with Crippen LogP contribution in [-0.4, -0.2) is 35.7 Å². The molecule has 4 nitrogen and oxygen atoms in total. The maximum absolute atomic E-state index is 11.8. The largest absolute Gasteiger partial charge is 3.00 e. The number of likely N-dealkylation sites (N-methyl/N-ethyl adjacent to an activating group) is 1. The Kier molecular flexibility index (Phi) is 4.60. The molecule has 0 aliphatic rings. The van der Waals surface area contributed by atoms with Crippen LogP contribution in [0.4, 0.5) is 0 Å². The predicted molar refractivity (Wildman–Crippen MR) is 60.2 cm³/mol. The van der Waals surface area contributed by atoms with Gasteiger partial charge in [0.1, 0.15) is 0 Å². The van der Waals surface area contributed by atoms with Gasteiger partial charge in [-0.2, -0.15) is 18.2 Å². The monoisotopic (exact) mass is 304 g/mol. The van der Waals surface area contributed by atoms with Gasteiger partial charge in [-0.3, -0.25) is 9.59 Å². The smallest absolute Gasteiger partial charge is 0.384 e. The van der Waals surface area contributed by atoms with E-state index in [0.29, 0.717) is 5.56 Å². The molecule has 5 heteroatoms. The third-order valence-electron chi connectivity index (χ3n) is 2.37. The fourth-order valence-corrected chi connectivity index (χ4v) is 1.51. The van der Waals surface area contributed by atoms with Gasteiger partial charge in [-0.25, -0.2) is 0 Å². The van der Waals surface area contributed by atoms with Crippen LogP contribution in [0.1, 0.15) is 10.4 Å². The summed E-state index contributed by atoms with van der Waals surface area (Å²) in [5, 5.41) is 0.725. The summed E-state index contributed by atoms with van der Waals surface area (Å²) in [6, 6.07) is 8.15. The van der Waals surface area contributed by atoms with Gasteiger partial charge in [-0.05, 0) is 11.8 Å². The van der Waals surface area contributed by atoms with Gasteiger partial charge in [-0.1, -0.05) is 10.9 Å². The number of benzene rings is 1. The number of rotatable bonds is 2. The average Bonchev–Trinajstić information content (AvgIpc) is 2.70. The summed E-state index contributed by atoms with van der Waals surface area (Å²) in [6.07, 6.45) is 1.56. The molecule has 0 spiro atoms. The second kappa shape index (κ2) is 5.56. The van der Waals surface area contributed by atoms with Gasteiger partial charge in [-0.15, -0.1) is 6.07 Å². The molecule has 82 valence electrons. The number of carbonyl (C=O) groups is 2. The maximum atomic E-state index is 11.8. The van der Waals surface area contributed by atoms with Gasteiger partial charge >= 0.3 is 32.7 Å². The van der Waals surface area contributed by atoms with E-state index >= 15 is 0 Å². The van der Waals surface area contributed by atoms with E-state index in [0.717, 1.165) is 10.9 Å². The molecule has 1 N–H and O–H groups in total. The molecule has 0 aliphatic heterocycles. The summed E-state index contributed by atoms with van der Waals surface area (Å²) in [5.41, 5.74) is 1.22. The molecule has 1 aromatic heterocycles. The molecule has 0 saturated heterocycles. The number of fused-ring (bicyclic) bond motifs is 1. The minimum atomic E-state index is -0.523. The summed E-state index contributed by atoms with van der Waals surface area (Å²) < 4.78 is 0. The van der Waals surface area contributed by atoms with Crippen molar-refractivity contribution in [2.45, 2.75) is 0 Å². The number of carbonyl (C=O) groups excluding carboxylic acids is 2. The van der Waals surface area contributed by atoms with E-state index in [4.69, 9.17) is 0 Å². The van der Waals surface area contributed by atoms with Crippen LogP contribution in [0.15, 0.2) is 24.4 Å². The number of ketones is 1. The van der Waals surface area contributed by atoms with Crippen LogP contribution in [0.5, 0.6) is 0 Å². The minimum Gasteiger partial charge on any atom is -0.384 e. The number of nitrogens with one attached hydrogen (secondary N) is 1. The Morgan fingerprint density at radius 2 is 2.06 bits per heavy atom. The number of aromatic amines is 1. The van der Waals surface area contributed by atoms with Crippen LogP contribution in [0, 0.1) is 6.07 Å². The van der Waals surface area contributed by atoms with Gasteiger partial charge in [0, 0.05) is 14.1 Å². The van der Waals surface area contributed by atoms with Crippen LogP contribution >= 0.6 is 0 Å². The summed E-state index contributed by atoms with van der Waals surface area (Å²) >= 11 is 0. The first kappa shape index (κ1) is 14.1. The molecular weight excluding hydrogens is 293 g/mol. The molecule has 0 atom stereocenters. The summed E-state index contributed by atoms with van der Waals surface area (Å²) in [5.74, 6) is -1.03. The Labute approximate surface area is 124 Å². The number of nitrogens with zero attached hydrogens (tertiary/aromatic N) is 1. The van der Waals surface area contributed by atoms with Gasteiger partial charge in [0.05, 0.1) is 0 Å². The van der Waals surface area contributed by atoms with E-state index in [1.54, 1.807) is 32.4 Å². The van der Waals surface area contributed by atoms with Crippen LogP contribution < -0.4 is 0 Å². The van der Waals surface area contributed by atoms with E-state index < -0.39 is 11.7 Å². The standard InChI is InChI=1S/C12H11N2O2.Y/c1-14(2)12(16)11(15)9-7-13-10-6-4-3-5-8(9)10;/h4-7,13H,1-2H3;/q-1;+3. The third kappa shape index (κ3) is 2.64. The molecule has 1 amide bonds. The van der Waals surface area contributed by atoms with E-state index in [9.17, 15) is 9.59 Å². The van der Waals surface area contributed by atoms with Crippen molar-refractivity contribution >= 4 is 22.6 Å². The second-order valence-electron chi connectivity index (χ2n) is 3.70. The first-order chi connectivity index (χ1) is 7.61. The average molecular weight is 304 g/mol. The summed E-state index contributed by atoms with van der Waals surface area (Å²) in [4.78, 5) is 27.6. The van der Waals surface area contributed by atoms with Crippen molar-refractivity contribution in [1.29, 1.82) is 0 Å². The SMILES string of the molecule is CN(C)C(=O)C(=O)c1c[nH]c2cc[c-]cc12.[Y+3]. The number of Topliss-reactive ketones (excluding diaryl/α,β-unsaturated/α-hetero) is 1. The molecule has 0 unspecified atom stereocenters. The molecule has 0 fully saturated rings. The molecular formula is C12H11N2O2Y+2. The van der Waals surface area contributed by atoms with E-state index in [-0.39, 0.29) is 32.7 Å². The molecule has 0 bridgehead atoms. The third-order valence-corrected chi connectivity index (χ3v) is 2.37. The topological polar surface area (TPSA) is 53.2 Å². The number of H-pyrrole nitrogens is 1. The fraction of sp³-hybridized carbons (Fsp3) is 0.167. The normalized spacial score (nSPS) is 9.76. The number of hydrogen-bond donors (Lipinski definition) is 1. The Bertz CT molecular complexity index is 560. The Morgan fingerprint density at radius 3 is 2.71 bits per heavy atom.